The van der Waals surface area contributed by atoms with E-state index in [4.69, 9.17) is 4.74 Å². The fourth-order valence-corrected chi connectivity index (χ4v) is 1.99. The molecule has 0 radical (unpaired) electrons. The largest absolute Gasteiger partial charge is 0.369 e. The molecule has 1 fully saturated rings. The van der Waals surface area contributed by atoms with Crippen LogP contribution in [0, 0.1) is 0 Å². The van der Waals surface area contributed by atoms with E-state index in [9.17, 15) is 0 Å². The van der Waals surface area contributed by atoms with E-state index in [-0.39, 0.29) is 6.10 Å². The smallest absolute Gasteiger partial charge is 0.0953 e. The maximum atomic E-state index is 6.16. The predicted molar refractivity (Wildman–Crippen MR) is 71.0 cm³/mol. The summed E-state index contributed by atoms with van der Waals surface area (Å²) < 4.78 is 6.16. The van der Waals surface area contributed by atoms with Gasteiger partial charge in [0.1, 0.15) is 0 Å². The molecule has 2 rings (SSSR count). The second-order valence-electron chi connectivity index (χ2n) is 5.15. The van der Waals surface area contributed by atoms with Crippen molar-refractivity contribution in [3.8, 4) is 0 Å². The van der Waals surface area contributed by atoms with Gasteiger partial charge in [-0.1, -0.05) is 44.2 Å². The maximum Gasteiger partial charge on any atom is 0.0953 e. The van der Waals surface area contributed by atoms with Crippen LogP contribution in [0.5, 0.6) is 0 Å². The third kappa shape index (κ3) is 3.83. The highest BCUT2D eigenvalue weighted by molar-refractivity contribution is 5.18. The molecular formula is C15H23NO. The molecule has 1 N–H and O–H groups in total. The van der Waals surface area contributed by atoms with Gasteiger partial charge in [0, 0.05) is 12.6 Å². The van der Waals surface area contributed by atoms with Crippen LogP contribution >= 0.6 is 0 Å². The van der Waals surface area contributed by atoms with Crippen molar-refractivity contribution in [3.63, 3.8) is 0 Å². The molecule has 1 aromatic rings. The molecule has 1 aromatic carbocycles. The monoisotopic (exact) mass is 233 g/mol. The minimum absolute atomic E-state index is 0.198. The van der Waals surface area contributed by atoms with Crippen LogP contribution in [-0.4, -0.2) is 18.7 Å². The van der Waals surface area contributed by atoms with E-state index in [1.165, 1.54) is 24.8 Å². The van der Waals surface area contributed by atoms with Crippen molar-refractivity contribution >= 4 is 0 Å². The Labute approximate surface area is 104 Å². The maximum absolute atomic E-state index is 6.16. The highest BCUT2D eigenvalue weighted by atomic mass is 16.5. The van der Waals surface area contributed by atoms with Crippen LogP contribution < -0.4 is 5.32 Å². The van der Waals surface area contributed by atoms with Gasteiger partial charge in [-0.05, 0) is 24.8 Å². The molecule has 1 aliphatic rings. The topological polar surface area (TPSA) is 21.3 Å². The zero-order chi connectivity index (χ0) is 12.1. The first-order valence-electron chi connectivity index (χ1n) is 6.69. The van der Waals surface area contributed by atoms with E-state index in [0.29, 0.717) is 12.1 Å². The van der Waals surface area contributed by atoms with Crippen LogP contribution in [-0.2, 0) is 4.74 Å². The number of rotatable bonds is 6. The Balaban J connectivity index is 1.95. The molecule has 1 aliphatic carbocycles. The molecule has 0 aliphatic heterocycles. The standard InChI is InChI=1S/C15H23NO/c1-12(2)16-11-15(17-14-9-6-10-14)13-7-4-3-5-8-13/h3-5,7-8,12,14-16H,6,9-11H2,1-2H3. The van der Waals surface area contributed by atoms with Gasteiger partial charge in [0.25, 0.3) is 0 Å². The molecule has 1 saturated carbocycles. The molecule has 1 atom stereocenters. The van der Waals surface area contributed by atoms with Crippen LogP contribution in [0.3, 0.4) is 0 Å². The summed E-state index contributed by atoms with van der Waals surface area (Å²) in [4.78, 5) is 0. The van der Waals surface area contributed by atoms with Crippen molar-refractivity contribution in [2.75, 3.05) is 6.54 Å². The van der Waals surface area contributed by atoms with E-state index in [1.54, 1.807) is 0 Å². The number of benzene rings is 1. The van der Waals surface area contributed by atoms with E-state index >= 15 is 0 Å². The highest BCUT2D eigenvalue weighted by Gasteiger charge is 2.23. The number of ether oxygens (including phenoxy) is 1. The molecule has 0 heterocycles. The van der Waals surface area contributed by atoms with Gasteiger partial charge in [0.05, 0.1) is 12.2 Å². The second kappa shape index (κ2) is 6.18. The number of hydrogen-bond acceptors (Lipinski definition) is 2. The predicted octanol–water partition coefficient (Wildman–Crippen LogP) is 3.29. The van der Waals surface area contributed by atoms with E-state index < -0.39 is 0 Å². The van der Waals surface area contributed by atoms with Crippen LogP contribution in [0.25, 0.3) is 0 Å². The van der Waals surface area contributed by atoms with Crippen LogP contribution in [0.4, 0.5) is 0 Å². The highest BCUT2D eigenvalue weighted by Crippen LogP contribution is 2.28. The van der Waals surface area contributed by atoms with Gasteiger partial charge in [0.2, 0.25) is 0 Å². The van der Waals surface area contributed by atoms with Crippen molar-refractivity contribution in [2.45, 2.75) is 51.4 Å². The molecule has 2 heteroatoms. The SMILES string of the molecule is CC(C)NCC(OC1CCC1)c1ccccc1. The Morgan fingerprint density at radius 3 is 2.47 bits per heavy atom. The lowest BCUT2D eigenvalue weighted by atomic mass is 9.95. The average Bonchev–Trinajstić information content (AvgIpc) is 2.27. The van der Waals surface area contributed by atoms with Gasteiger partial charge in [0.15, 0.2) is 0 Å². The first-order valence-corrected chi connectivity index (χ1v) is 6.69. The summed E-state index contributed by atoms with van der Waals surface area (Å²) in [7, 11) is 0. The van der Waals surface area contributed by atoms with Gasteiger partial charge >= 0.3 is 0 Å². The van der Waals surface area contributed by atoms with Crippen LogP contribution in [0.1, 0.15) is 44.8 Å². The molecule has 0 aromatic heterocycles. The molecule has 0 saturated heterocycles. The average molecular weight is 233 g/mol. The van der Waals surface area contributed by atoms with Crippen LogP contribution in [0.15, 0.2) is 30.3 Å². The fourth-order valence-electron chi connectivity index (χ4n) is 1.99. The Morgan fingerprint density at radius 2 is 1.94 bits per heavy atom. The molecule has 1 unspecified atom stereocenters. The zero-order valence-corrected chi connectivity index (χ0v) is 10.9. The normalized spacial score (nSPS) is 18.1. The Hall–Kier alpha value is -0.860. The summed E-state index contributed by atoms with van der Waals surface area (Å²) in [5.41, 5.74) is 1.28. The number of nitrogens with one attached hydrogen (secondary N) is 1. The fraction of sp³-hybridized carbons (Fsp3) is 0.600. The van der Waals surface area contributed by atoms with E-state index in [2.05, 4.69) is 49.5 Å². The Bertz CT molecular complexity index is 319. The first-order chi connectivity index (χ1) is 8.25. The summed E-state index contributed by atoms with van der Waals surface area (Å²) in [6.07, 6.45) is 4.46. The van der Waals surface area contributed by atoms with Crippen molar-refractivity contribution < 1.29 is 4.74 Å². The van der Waals surface area contributed by atoms with Gasteiger partial charge in [-0.15, -0.1) is 0 Å². The third-order valence-corrected chi connectivity index (χ3v) is 3.29. The van der Waals surface area contributed by atoms with Gasteiger partial charge < -0.3 is 10.1 Å². The minimum Gasteiger partial charge on any atom is -0.369 e. The molecule has 17 heavy (non-hydrogen) atoms. The summed E-state index contributed by atoms with van der Waals surface area (Å²) in [5, 5.41) is 3.47. The molecular weight excluding hydrogens is 210 g/mol. The zero-order valence-electron chi connectivity index (χ0n) is 10.9. The van der Waals surface area contributed by atoms with E-state index in [1.807, 2.05) is 0 Å². The number of hydrogen-bond donors (Lipinski definition) is 1. The second-order valence-corrected chi connectivity index (χ2v) is 5.15. The summed E-state index contributed by atoms with van der Waals surface area (Å²) in [6.45, 7) is 5.25. The van der Waals surface area contributed by atoms with Crippen molar-refractivity contribution in [2.24, 2.45) is 0 Å². The Morgan fingerprint density at radius 1 is 1.24 bits per heavy atom. The molecule has 2 nitrogen and oxygen atoms in total. The lowest BCUT2D eigenvalue weighted by Crippen LogP contribution is -2.33. The molecule has 94 valence electrons. The van der Waals surface area contributed by atoms with E-state index in [0.717, 1.165) is 6.54 Å². The third-order valence-electron chi connectivity index (χ3n) is 3.29. The lowest BCUT2D eigenvalue weighted by molar-refractivity contribution is -0.0525. The van der Waals surface area contributed by atoms with Gasteiger partial charge in [-0.25, -0.2) is 0 Å². The first kappa shape index (κ1) is 12.6. The molecule has 0 spiro atoms. The Kier molecular flexibility index (Phi) is 4.57. The van der Waals surface area contributed by atoms with Gasteiger partial charge in [-0.3, -0.25) is 0 Å². The summed E-state index contributed by atoms with van der Waals surface area (Å²) >= 11 is 0. The van der Waals surface area contributed by atoms with Crippen molar-refractivity contribution in [3.05, 3.63) is 35.9 Å². The molecule has 0 amide bonds. The van der Waals surface area contributed by atoms with Crippen molar-refractivity contribution in [1.29, 1.82) is 0 Å². The summed E-state index contributed by atoms with van der Waals surface area (Å²) in [5.74, 6) is 0. The minimum atomic E-state index is 0.198. The summed E-state index contributed by atoms with van der Waals surface area (Å²) in [6, 6.07) is 11.0. The quantitative estimate of drug-likeness (QED) is 0.814. The van der Waals surface area contributed by atoms with Crippen molar-refractivity contribution in [1.82, 2.24) is 5.32 Å². The molecule has 0 bridgehead atoms. The van der Waals surface area contributed by atoms with Gasteiger partial charge in [-0.2, -0.15) is 0 Å². The lowest BCUT2D eigenvalue weighted by Gasteiger charge is -2.31. The van der Waals surface area contributed by atoms with Crippen LogP contribution in [0.2, 0.25) is 0 Å².